The Balaban J connectivity index is 1.62. The maximum Gasteiger partial charge on any atom is 0.434 e. The van der Waals surface area contributed by atoms with Crippen LogP contribution in [0.2, 0.25) is 0 Å². The van der Waals surface area contributed by atoms with Crippen LogP contribution in [0.25, 0.3) is 0 Å². The van der Waals surface area contributed by atoms with Crippen molar-refractivity contribution in [3.05, 3.63) is 29.3 Å². The van der Waals surface area contributed by atoms with E-state index >= 15 is 0 Å². The fraction of sp³-hybridized carbons (Fsp3) is 0.650. The third-order valence-corrected chi connectivity index (χ3v) is 5.41. The lowest BCUT2D eigenvalue weighted by molar-refractivity contribution is -0.308. The summed E-state index contributed by atoms with van der Waals surface area (Å²) in [5.41, 5.74) is -1.03. The molecule has 0 N–H and O–H groups in total. The van der Waals surface area contributed by atoms with Crippen molar-refractivity contribution >= 4 is 6.09 Å². The monoisotopic (exact) mass is 508 g/mol. The third kappa shape index (κ3) is 6.83. The van der Waals surface area contributed by atoms with Crippen LogP contribution in [0.1, 0.15) is 24.0 Å². The van der Waals surface area contributed by atoms with Crippen molar-refractivity contribution in [3.8, 4) is 5.75 Å². The SMILES string of the molecule is O=C(OC(C(F)(F)F)C(F)(F)F)N1CCN(Cc2cccc(OCC3CC3)c2C(F)(F)F)CC1. The predicted octanol–water partition coefficient (Wildman–Crippen LogP) is 5.24. The summed E-state index contributed by atoms with van der Waals surface area (Å²) < 4.78 is 126. The molecule has 2 fully saturated rings. The van der Waals surface area contributed by atoms with Crippen molar-refractivity contribution in [2.75, 3.05) is 32.8 Å². The number of alkyl halides is 9. The van der Waals surface area contributed by atoms with Crippen molar-refractivity contribution in [1.29, 1.82) is 0 Å². The van der Waals surface area contributed by atoms with Gasteiger partial charge in [0.1, 0.15) is 11.3 Å². The van der Waals surface area contributed by atoms with Crippen molar-refractivity contribution in [2.24, 2.45) is 5.92 Å². The first-order valence-corrected chi connectivity index (χ1v) is 10.3. The van der Waals surface area contributed by atoms with E-state index in [9.17, 15) is 44.3 Å². The molecule has 0 spiro atoms. The standard InChI is InChI=1S/C20H21F9N2O3/c21-18(22,23)15-13(2-1-3-14(15)33-11-12-4-5-12)10-30-6-8-31(9-7-30)17(32)34-16(19(24,25)26)20(27,28)29/h1-3,12,16H,4-11H2. The number of hydrogen-bond acceptors (Lipinski definition) is 4. The molecule has 192 valence electrons. The van der Waals surface area contributed by atoms with Crippen molar-refractivity contribution in [1.82, 2.24) is 9.80 Å². The molecule has 1 saturated carbocycles. The summed E-state index contributed by atoms with van der Waals surface area (Å²) in [7, 11) is 0. The number of hydrogen-bond donors (Lipinski definition) is 0. The number of rotatable bonds is 6. The molecule has 1 saturated heterocycles. The normalized spacial score (nSPS) is 18.4. The molecule has 1 heterocycles. The molecular weight excluding hydrogens is 487 g/mol. The highest BCUT2D eigenvalue weighted by Crippen LogP contribution is 2.41. The van der Waals surface area contributed by atoms with E-state index in [1.165, 1.54) is 23.1 Å². The number of carbonyl (C=O) groups excluding carboxylic acids is 1. The van der Waals surface area contributed by atoms with Gasteiger partial charge >= 0.3 is 24.6 Å². The van der Waals surface area contributed by atoms with Gasteiger partial charge in [-0.15, -0.1) is 0 Å². The van der Waals surface area contributed by atoms with E-state index in [4.69, 9.17) is 4.74 Å². The summed E-state index contributed by atoms with van der Waals surface area (Å²) in [5, 5.41) is 0. The summed E-state index contributed by atoms with van der Waals surface area (Å²) in [4.78, 5) is 14.0. The zero-order valence-electron chi connectivity index (χ0n) is 17.6. The molecule has 14 heteroatoms. The number of amides is 1. The van der Waals surface area contributed by atoms with Crippen LogP contribution < -0.4 is 4.74 Å². The minimum atomic E-state index is -5.84. The number of halogens is 9. The summed E-state index contributed by atoms with van der Waals surface area (Å²) in [6, 6.07) is 3.90. The molecule has 1 aliphatic carbocycles. The van der Waals surface area contributed by atoms with Gasteiger partial charge in [0.15, 0.2) is 0 Å². The zero-order chi connectivity index (χ0) is 25.3. The summed E-state index contributed by atoms with van der Waals surface area (Å²) in [6.07, 6.45) is -20.7. The molecule has 0 unspecified atom stereocenters. The van der Waals surface area contributed by atoms with Gasteiger partial charge in [0.2, 0.25) is 0 Å². The Morgan fingerprint density at radius 2 is 1.53 bits per heavy atom. The predicted molar refractivity (Wildman–Crippen MR) is 98.9 cm³/mol. The van der Waals surface area contributed by atoms with E-state index in [0.29, 0.717) is 4.90 Å². The molecule has 1 amide bonds. The van der Waals surface area contributed by atoms with Crippen LogP contribution in [0.15, 0.2) is 18.2 Å². The Bertz CT molecular complexity index is 844. The average molecular weight is 508 g/mol. The van der Waals surface area contributed by atoms with Crippen LogP contribution in [-0.4, -0.2) is 67.1 Å². The molecule has 2 aliphatic rings. The van der Waals surface area contributed by atoms with E-state index in [2.05, 4.69) is 4.74 Å². The zero-order valence-corrected chi connectivity index (χ0v) is 17.6. The molecule has 1 aromatic rings. The molecule has 5 nitrogen and oxygen atoms in total. The molecule has 3 rings (SSSR count). The van der Waals surface area contributed by atoms with Crippen LogP contribution in [-0.2, 0) is 17.5 Å². The van der Waals surface area contributed by atoms with Gasteiger partial charge in [-0.1, -0.05) is 12.1 Å². The van der Waals surface area contributed by atoms with Crippen molar-refractivity contribution in [3.63, 3.8) is 0 Å². The van der Waals surface area contributed by atoms with Crippen LogP contribution in [0, 0.1) is 5.92 Å². The molecule has 1 aromatic carbocycles. The lowest BCUT2D eigenvalue weighted by Gasteiger charge is -2.35. The van der Waals surface area contributed by atoms with Crippen LogP contribution in [0.5, 0.6) is 5.75 Å². The van der Waals surface area contributed by atoms with Crippen molar-refractivity contribution < 1.29 is 53.8 Å². The number of benzene rings is 1. The quantitative estimate of drug-likeness (QED) is 0.493. The van der Waals surface area contributed by atoms with E-state index in [1.54, 1.807) is 0 Å². The lowest BCUT2D eigenvalue weighted by Crippen LogP contribution is -2.52. The topological polar surface area (TPSA) is 42.0 Å². The summed E-state index contributed by atoms with van der Waals surface area (Å²) in [5.74, 6) is -0.0729. The molecular formula is C20H21F9N2O3. The Morgan fingerprint density at radius 3 is 2.03 bits per heavy atom. The second kappa shape index (κ2) is 9.70. The Morgan fingerprint density at radius 1 is 0.941 bits per heavy atom. The Hall–Kier alpha value is -2.38. The lowest BCUT2D eigenvalue weighted by atomic mass is 10.0. The van der Waals surface area contributed by atoms with E-state index in [-0.39, 0.29) is 56.6 Å². The summed E-state index contributed by atoms with van der Waals surface area (Å²) >= 11 is 0. The highest BCUT2D eigenvalue weighted by atomic mass is 19.4. The number of carbonyl (C=O) groups is 1. The van der Waals surface area contributed by atoms with Gasteiger partial charge < -0.3 is 14.4 Å². The molecule has 1 aliphatic heterocycles. The van der Waals surface area contributed by atoms with Crippen LogP contribution >= 0.6 is 0 Å². The fourth-order valence-electron chi connectivity index (χ4n) is 3.47. The number of piperazine rings is 1. The van der Waals surface area contributed by atoms with Crippen LogP contribution in [0.4, 0.5) is 44.3 Å². The molecule has 0 bridgehead atoms. The van der Waals surface area contributed by atoms with Gasteiger partial charge in [-0.25, -0.2) is 4.79 Å². The van der Waals surface area contributed by atoms with Gasteiger partial charge in [-0.05, 0) is 30.4 Å². The van der Waals surface area contributed by atoms with Gasteiger partial charge in [-0.3, -0.25) is 4.90 Å². The minimum absolute atomic E-state index is 0.0811. The first-order chi connectivity index (χ1) is 15.7. The average Bonchev–Trinajstić information content (AvgIpc) is 3.53. The minimum Gasteiger partial charge on any atom is -0.493 e. The second-order valence-corrected chi connectivity index (χ2v) is 8.15. The Labute approximate surface area is 188 Å². The molecule has 0 radical (unpaired) electrons. The first-order valence-electron chi connectivity index (χ1n) is 10.3. The van der Waals surface area contributed by atoms with Gasteiger partial charge in [0.25, 0.3) is 6.10 Å². The second-order valence-electron chi connectivity index (χ2n) is 8.15. The number of nitrogens with zero attached hydrogens (tertiary/aromatic N) is 2. The highest BCUT2D eigenvalue weighted by molar-refractivity contribution is 5.68. The van der Waals surface area contributed by atoms with E-state index in [1.807, 2.05) is 0 Å². The maximum absolute atomic E-state index is 13.7. The van der Waals surface area contributed by atoms with Gasteiger partial charge in [0.05, 0.1) is 6.61 Å². The first kappa shape index (κ1) is 26.2. The van der Waals surface area contributed by atoms with E-state index < -0.39 is 36.3 Å². The third-order valence-electron chi connectivity index (χ3n) is 5.41. The van der Waals surface area contributed by atoms with Crippen molar-refractivity contribution in [2.45, 2.75) is 44.0 Å². The highest BCUT2D eigenvalue weighted by Gasteiger charge is 2.60. The maximum atomic E-state index is 13.7. The molecule has 0 atom stereocenters. The Kier molecular flexibility index (Phi) is 7.48. The van der Waals surface area contributed by atoms with Gasteiger partial charge in [-0.2, -0.15) is 39.5 Å². The molecule has 0 aromatic heterocycles. The molecule has 34 heavy (non-hydrogen) atoms. The van der Waals surface area contributed by atoms with Gasteiger partial charge in [0, 0.05) is 32.7 Å². The van der Waals surface area contributed by atoms with Crippen LogP contribution in [0.3, 0.4) is 0 Å². The fourth-order valence-corrected chi connectivity index (χ4v) is 3.47. The largest absolute Gasteiger partial charge is 0.493 e. The smallest absolute Gasteiger partial charge is 0.434 e. The number of ether oxygens (including phenoxy) is 2. The van der Waals surface area contributed by atoms with E-state index in [0.717, 1.165) is 12.8 Å². The summed E-state index contributed by atoms with van der Waals surface area (Å²) in [6.45, 7) is -0.832.